The highest BCUT2D eigenvalue weighted by Crippen LogP contribution is 2.27. The maximum Gasteiger partial charge on any atom is 0.146 e. The van der Waals surface area contributed by atoms with Crippen molar-refractivity contribution >= 4 is 5.69 Å². The zero-order valence-corrected chi connectivity index (χ0v) is 10.7. The van der Waals surface area contributed by atoms with E-state index in [4.69, 9.17) is 5.73 Å². The summed E-state index contributed by atoms with van der Waals surface area (Å²) in [7, 11) is 1.75. The molecule has 1 unspecified atom stereocenters. The molecule has 1 atom stereocenters. The SMILES string of the molecule is CN(c1ccccc1F)C(CN)c1cccc(F)c1. The highest BCUT2D eigenvalue weighted by atomic mass is 19.1. The number of nitrogens with zero attached hydrogens (tertiary/aromatic N) is 1. The van der Waals surface area contributed by atoms with Crippen LogP contribution in [0.5, 0.6) is 0 Å². The average Bonchev–Trinajstić information content (AvgIpc) is 2.40. The smallest absolute Gasteiger partial charge is 0.146 e. The van der Waals surface area contributed by atoms with Gasteiger partial charge in [-0.3, -0.25) is 0 Å². The molecule has 0 heterocycles. The molecule has 0 saturated carbocycles. The molecule has 0 fully saturated rings. The van der Waals surface area contributed by atoms with E-state index in [1.54, 1.807) is 42.3 Å². The number of benzene rings is 2. The van der Waals surface area contributed by atoms with E-state index in [0.29, 0.717) is 5.69 Å². The lowest BCUT2D eigenvalue weighted by Crippen LogP contribution is -2.31. The van der Waals surface area contributed by atoms with Crippen LogP contribution in [0.1, 0.15) is 11.6 Å². The number of halogens is 2. The lowest BCUT2D eigenvalue weighted by atomic mass is 10.0. The molecule has 2 aromatic rings. The normalized spacial score (nSPS) is 12.2. The van der Waals surface area contributed by atoms with Gasteiger partial charge in [0.05, 0.1) is 11.7 Å². The molecule has 0 aliphatic rings. The van der Waals surface area contributed by atoms with E-state index in [0.717, 1.165) is 5.56 Å². The van der Waals surface area contributed by atoms with Gasteiger partial charge in [0.25, 0.3) is 0 Å². The van der Waals surface area contributed by atoms with Gasteiger partial charge in [0.15, 0.2) is 0 Å². The Bertz CT molecular complexity index is 557. The topological polar surface area (TPSA) is 29.3 Å². The van der Waals surface area contributed by atoms with E-state index < -0.39 is 0 Å². The Hall–Kier alpha value is -1.94. The van der Waals surface area contributed by atoms with Gasteiger partial charge in [0, 0.05) is 13.6 Å². The standard InChI is InChI=1S/C15H16F2N2/c1-19(14-8-3-2-7-13(14)17)15(10-18)11-5-4-6-12(16)9-11/h2-9,15H,10,18H2,1H3. The number of anilines is 1. The van der Waals surface area contributed by atoms with Gasteiger partial charge in [0.1, 0.15) is 11.6 Å². The minimum Gasteiger partial charge on any atom is -0.364 e. The maximum atomic E-state index is 13.8. The van der Waals surface area contributed by atoms with Gasteiger partial charge in [-0.25, -0.2) is 8.78 Å². The summed E-state index contributed by atoms with van der Waals surface area (Å²) in [5.74, 6) is -0.641. The molecular formula is C15H16F2N2. The molecule has 0 amide bonds. The van der Waals surface area contributed by atoms with Gasteiger partial charge in [-0.05, 0) is 29.8 Å². The van der Waals surface area contributed by atoms with Crippen molar-refractivity contribution in [1.29, 1.82) is 0 Å². The van der Waals surface area contributed by atoms with E-state index in [-0.39, 0.29) is 24.2 Å². The highest BCUT2D eigenvalue weighted by Gasteiger charge is 2.18. The van der Waals surface area contributed by atoms with Gasteiger partial charge < -0.3 is 10.6 Å². The van der Waals surface area contributed by atoms with Crippen molar-refractivity contribution in [2.24, 2.45) is 5.73 Å². The van der Waals surface area contributed by atoms with E-state index in [1.807, 2.05) is 0 Å². The Morgan fingerprint density at radius 3 is 2.47 bits per heavy atom. The molecule has 2 N–H and O–H groups in total. The molecule has 0 bridgehead atoms. The summed E-state index contributed by atoms with van der Waals surface area (Å²) in [5.41, 5.74) is 6.93. The number of para-hydroxylation sites is 1. The molecule has 2 rings (SSSR count). The number of hydrogen-bond acceptors (Lipinski definition) is 2. The summed E-state index contributed by atoms with van der Waals surface area (Å²) in [6, 6.07) is 12.4. The molecule has 0 aliphatic heterocycles. The Morgan fingerprint density at radius 1 is 1.11 bits per heavy atom. The Morgan fingerprint density at radius 2 is 1.84 bits per heavy atom. The van der Waals surface area contributed by atoms with Gasteiger partial charge in [0.2, 0.25) is 0 Å². The summed E-state index contributed by atoms with van der Waals surface area (Å²) in [4.78, 5) is 1.73. The molecule has 19 heavy (non-hydrogen) atoms. The summed E-state index contributed by atoms with van der Waals surface area (Å²) in [6.07, 6.45) is 0. The Kier molecular flexibility index (Phi) is 4.12. The second kappa shape index (κ2) is 5.80. The van der Waals surface area contributed by atoms with E-state index in [9.17, 15) is 8.78 Å². The quantitative estimate of drug-likeness (QED) is 0.917. The number of nitrogens with two attached hydrogens (primary N) is 1. The third-order valence-corrected chi connectivity index (χ3v) is 3.16. The molecule has 0 radical (unpaired) electrons. The van der Waals surface area contributed by atoms with Gasteiger partial charge >= 0.3 is 0 Å². The van der Waals surface area contributed by atoms with Crippen molar-refractivity contribution in [3.8, 4) is 0 Å². The van der Waals surface area contributed by atoms with Crippen LogP contribution in [0.4, 0.5) is 14.5 Å². The van der Waals surface area contributed by atoms with E-state index >= 15 is 0 Å². The lowest BCUT2D eigenvalue weighted by Gasteiger charge is -2.29. The maximum absolute atomic E-state index is 13.8. The van der Waals surface area contributed by atoms with Crippen LogP contribution in [0.25, 0.3) is 0 Å². The third kappa shape index (κ3) is 2.90. The van der Waals surface area contributed by atoms with Crippen LogP contribution in [0.2, 0.25) is 0 Å². The first-order valence-corrected chi connectivity index (χ1v) is 6.06. The fourth-order valence-corrected chi connectivity index (χ4v) is 2.14. The van der Waals surface area contributed by atoms with Crippen molar-refractivity contribution in [3.05, 3.63) is 65.7 Å². The lowest BCUT2D eigenvalue weighted by molar-refractivity contribution is 0.596. The summed E-state index contributed by atoms with van der Waals surface area (Å²) in [5, 5.41) is 0. The van der Waals surface area contributed by atoms with Crippen molar-refractivity contribution in [1.82, 2.24) is 0 Å². The van der Waals surface area contributed by atoms with Crippen molar-refractivity contribution in [2.45, 2.75) is 6.04 Å². The predicted octanol–water partition coefficient (Wildman–Crippen LogP) is 3.10. The monoisotopic (exact) mass is 262 g/mol. The van der Waals surface area contributed by atoms with Crippen LogP contribution in [-0.4, -0.2) is 13.6 Å². The van der Waals surface area contributed by atoms with Crippen LogP contribution in [-0.2, 0) is 0 Å². The average molecular weight is 262 g/mol. The number of hydrogen-bond donors (Lipinski definition) is 1. The first kappa shape index (κ1) is 13.5. The second-order valence-corrected chi connectivity index (χ2v) is 4.37. The summed E-state index contributed by atoms with van der Waals surface area (Å²) < 4.78 is 27.1. The number of likely N-dealkylation sites (N-methyl/N-ethyl adjacent to an activating group) is 1. The molecule has 2 aromatic carbocycles. The fourth-order valence-electron chi connectivity index (χ4n) is 2.14. The van der Waals surface area contributed by atoms with E-state index in [2.05, 4.69) is 0 Å². The largest absolute Gasteiger partial charge is 0.364 e. The minimum absolute atomic E-state index is 0.271. The second-order valence-electron chi connectivity index (χ2n) is 4.37. The zero-order valence-electron chi connectivity index (χ0n) is 10.7. The molecule has 0 saturated heterocycles. The van der Waals surface area contributed by atoms with Crippen molar-refractivity contribution in [2.75, 3.05) is 18.5 Å². The first-order valence-electron chi connectivity index (χ1n) is 6.06. The first-order chi connectivity index (χ1) is 9.13. The molecule has 0 spiro atoms. The molecule has 0 aliphatic carbocycles. The van der Waals surface area contributed by atoms with Crippen LogP contribution < -0.4 is 10.6 Å². The minimum atomic E-state index is -0.321. The van der Waals surface area contributed by atoms with Crippen molar-refractivity contribution in [3.63, 3.8) is 0 Å². The highest BCUT2D eigenvalue weighted by molar-refractivity contribution is 5.49. The number of rotatable bonds is 4. The van der Waals surface area contributed by atoms with Crippen molar-refractivity contribution < 1.29 is 8.78 Å². The molecular weight excluding hydrogens is 246 g/mol. The predicted molar refractivity (Wildman–Crippen MR) is 73.0 cm³/mol. The van der Waals surface area contributed by atoms with Crippen LogP contribution in [0.3, 0.4) is 0 Å². The van der Waals surface area contributed by atoms with E-state index in [1.165, 1.54) is 18.2 Å². The van der Waals surface area contributed by atoms with Crippen LogP contribution in [0.15, 0.2) is 48.5 Å². The van der Waals surface area contributed by atoms with Gasteiger partial charge in [-0.15, -0.1) is 0 Å². The molecule has 100 valence electrons. The van der Waals surface area contributed by atoms with Gasteiger partial charge in [-0.1, -0.05) is 24.3 Å². The molecule has 0 aromatic heterocycles. The third-order valence-electron chi connectivity index (χ3n) is 3.16. The van der Waals surface area contributed by atoms with Crippen LogP contribution in [0, 0.1) is 11.6 Å². The van der Waals surface area contributed by atoms with Gasteiger partial charge in [-0.2, -0.15) is 0 Å². The fraction of sp³-hybridized carbons (Fsp3) is 0.200. The molecule has 2 nitrogen and oxygen atoms in total. The summed E-state index contributed by atoms with van der Waals surface area (Å²) >= 11 is 0. The zero-order chi connectivity index (χ0) is 13.8. The van der Waals surface area contributed by atoms with Crippen LogP contribution >= 0.6 is 0 Å². The molecule has 4 heteroatoms. The summed E-state index contributed by atoms with van der Waals surface area (Å²) in [6.45, 7) is 0.272. The Balaban J connectivity index is 2.35. The Labute approximate surface area is 111 Å².